The van der Waals surface area contributed by atoms with E-state index in [4.69, 9.17) is 5.73 Å². The largest absolute Gasteiger partial charge is 0.349 e. The zero-order valence-corrected chi connectivity index (χ0v) is 9.89. The Labute approximate surface area is 105 Å². The average molecular weight is 245 g/mol. The van der Waals surface area contributed by atoms with Crippen molar-refractivity contribution in [1.82, 2.24) is 20.5 Å². The molecule has 6 nitrogen and oxygen atoms in total. The third kappa shape index (κ3) is 3.14. The van der Waals surface area contributed by atoms with E-state index in [0.717, 1.165) is 11.1 Å². The molecule has 1 amide bonds. The molecule has 0 aliphatic rings. The minimum Gasteiger partial charge on any atom is -0.349 e. The first kappa shape index (κ1) is 12.3. The minimum atomic E-state index is -0.0627. The quantitative estimate of drug-likeness (QED) is 0.697. The molecule has 1 aromatic carbocycles. The maximum Gasteiger partial charge on any atom is 0.224 e. The molecule has 0 saturated carbocycles. The van der Waals surface area contributed by atoms with Crippen LogP contribution in [0.25, 0.3) is 0 Å². The molecule has 0 atom stereocenters. The van der Waals surface area contributed by atoms with Gasteiger partial charge in [-0.05, 0) is 11.1 Å². The van der Waals surface area contributed by atoms with E-state index >= 15 is 0 Å². The first-order chi connectivity index (χ1) is 8.79. The molecule has 6 heteroatoms. The maximum absolute atomic E-state index is 11.8. The van der Waals surface area contributed by atoms with Gasteiger partial charge in [-0.25, -0.2) is 4.98 Å². The number of nitrogens with two attached hydrogens (primary N) is 1. The third-order valence-corrected chi connectivity index (χ3v) is 2.61. The second-order valence-corrected chi connectivity index (χ2v) is 3.86. The van der Waals surface area contributed by atoms with Crippen LogP contribution in [0.5, 0.6) is 0 Å². The Morgan fingerprint density at radius 1 is 1.33 bits per heavy atom. The highest BCUT2D eigenvalue weighted by Gasteiger charge is 2.07. The van der Waals surface area contributed by atoms with Gasteiger partial charge in [0.05, 0.1) is 13.0 Å². The number of amides is 1. The summed E-state index contributed by atoms with van der Waals surface area (Å²) >= 11 is 0. The van der Waals surface area contributed by atoms with E-state index in [2.05, 4.69) is 20.5 Å². The molecule has 0 fully saturated rings. The Hall–Kier alpha value is -2.21. The zero-order chi connectivity index (χ0) is 12.8. The van der Waals surface area contributed by atoms with Gasteiger partial charge in [0.15, 0.2) is 0 Å². The van der Waals surface area contributed by atoms with Crippen LogP contribution < -0.4 is 11.1 Å². The molecule has 0 spiro atoms. The van der Waals surface area contributed by atoms with Gasteiger partial charge >= 0.3 is 0 Å². The fourth-order valence-corrected chi connectivity index (χ4v) is 1.66. The van der Waals surface area contributed by atoms with Crippen molar-refractivity contribution < 1.29 is 4.79 Å². The molecule has 0 radical (unpaired) electrons. The number of hydrogen-bond donors (Lipinski definition) is 3. The smallest absolute Gasteiger partial charge is 0.224 e. The summed E-state index contributed by atoms with van der Waals surface area (Å²) in [6, 6.07) is 7.66. The van der Waals surface area contributed by atoms with Crippen LogP contribution in [0.15, 0.2) is 30.6 Å². The van der Waals surface area contributed by atoms with Gasteiger partial charge in [-0.3, -0.25) is 9.89 Å². The number of aromatic amines is 1. The number of rotatable bonds is 5. The molecule has 0 unspecified atom stereocenters. The number of carbonyl (C=O) groups excluding carboxylic acids is 1. The van der Waals surface area contributed by atoms with Crippen molar-refractivity contribution in [2.24, 2.45) is 5.73 Å². The monoisotopic (exact) mass is 245 g/mol. The molecule has 18 heavy (non-hydrogen) atoms. The van der Waals surface area contributed by atoms with Crippen molar-refractivity contribution in [1.29, 1.82) is 0 Å². The molecule has 2 rings (SSSR count). The van der Waals surface area contributed by atoms with Gasteiger partial charge in [-0.15, -0.1) is 0 Å². The molecule has 4 N–H and O–H groups in total. The summed E-state index contributed by atoms with van der Waals surface area (Å²) in [5.74, 6) is 0.572. The van der Waals surface area contributed by atoms with E-state index in [0.29, 0.717) is 25.3 Å². The Morgan fingerprint density at radius 2 is 2.11 bits per heavy atom. The van der Waals surface area contributed by atoms with Crippen molar-refractivity contribution in [2.75, 3.05) is 0 Å². The van der Waals surface area contributed by atoms with Crippen LogP contribution in [-0.2, 0) is 24.3 Å². The lowest BCUT2D eigenvalue weighted by Gasteiger charge is -2.07. The maximum atomic E-state index is 11.8. The molecule has 0 bridgehead atoms. The summed E-state index contributed by atoms with van der Waals surface area (Å²) in [6.07, 6.45) is 1.73. The summed E-state index contributed by atoms with van der Waals surface area (Å²) in [4.78, 5) is 15.7. The van der Waals surface area contributed by atoms with Crippen molar-refractivity contribution in [2.45, 2.75) is 19.5 Å². The number of H-pyrrole nitrogens is 1. The molecular weight excluding hydrogens is 230 g/mol. The summed E-state index contributed by atoms with van der Waals surface area (Å²) < 4.78 is 0. The highest BCUT2D eigenvalue weighted by atomic mass is 16.1. The first-order valence-electron chi connectivity index (χ1n) is 5.67. The molecule has 2 aromatic rings. The van der Waals surface area contributed by atoms with Crippen molar-refractivity contribution in [3.8, 4) is 0 Å². The SMILES string of the molecule is NCc1ccccc1CC(=O)NCc1ncn[nH]1. The van der Waals surface area contributed by atoms with Crippen LogP contribution in [0.3, 0.4) is 0 Å². The van der Waals surface area contributed by atoms with Crippen molar-refractivity contribution in [3.63, 3.8) is 0 Å². The number of aromatic nitrogens is 3. The second kappa shape index (κ2) is 5.92. The predicted molar refractivity (Wildman–Crippen MR) is 66.3 cm³/mol. The van der Waals surface area contributed by atoms with E-state index in [9.17, 15) is 4.79 Å². The fourth-order valence-electron chi connectivity index (χ4n) is 1.66. The van der Waals surface area contributed by atoms with Crippen LogP contribution in [0.2, 0.25) is 0 Å². The summed E-state index contributed by atoms with van der Waals surface area (Å²) in [5, 5.41) is 9.16. The van der Waals surface area contributed by atoms with Gasteiger partial charge in [-0.1, -0.05) is 24.3 Å². The van der Waals surface area contributed by atoms with Crippen LogP contribution in [0.1, 0.15) is 17.0 Å². The average Bonchev–Trinajstić information content (AvgIpc) is 2.90. The van der Waals surface area contributed by atoms with Crippen molar-refractivity contribution in [3.05, 3.63) is 47.5 Å². The second-order valence-electron chi connectivity index (χ2n) is 3.86. The first-order valence-corrected chi connectivity index (χ1v) is 5.67. The normalized spacial score (nSPS) is 10.3. The van der Waals surface area contributed by atoms with E-state index in [1.54, 1.807) is 0 Å². The molecular formula is C12H15N5O. The van der Waals surface area contributed by atoms with Gasteiger partial charge in [0.1, 0.15) is 12.2 Å². The van der Waals surface area contributed by atoms with Crippen LogP contribution in [-0.4, -0.2) is 21.1 Å². The number of nitrogens with zero attached hydrogens (tertiary/aromatic N) is 2. The molecule has 0 saturated heterocycles. The van der Waals surface area contributed by atoms with Gasteiger partial charge in [0.2, 0.25) is 5.91 Å². The Morgan fingerprint density at radius 3 is 2.78 bits per heavy atom. The van der Waals surface area contributed by atoms with E-state index in [1.807, 2.05) is 24.3 Å². The lowest BCUT2D eigenvalue weighted by Crippen LogP contribution is -2.25. The lowest BCUT2D eigenvalue weighted by atomic mass is 10.0. The fraction of sp³-hybridized carbons (Fsp3) is 0.250. The zero-order valence-electron chi connectivity index (χ0n) is 9.89. The van der Waals surface area contributed by atoms with E-state index < -0.39 is 0 Å². The summed E-state index contributed by atoms with van der Waals surface area (Å²) in [6.45, 7) is 0.787. The molecule has 1 heterocycles. The van der Waals surface area contributed by atoms with Gasteiger partial charge in [0, 0.05) is 6.54 Å². The Balaban J connectivity index is 1.90. The molecule has 94 valence electrons. The Kier molecular flexibility index (Phi) is 4.03. The molecule has 0 aliphatic carbocycles. The Bertz CT molecular complexity index is 509. The number of carbonyl (C=O) groups is 1. The number of hydrogen-bond acceptors (Lipinski definition) is 4. The topological polar surface area (TPSA) is 96.7 Å². The van der Waals surface area contributed by atoms with Crippen LogP contribution in [0.4, 0.5) is 0 Å². The standard InChI is InChI=1S/C12H15N5O/c13-6-10-4-2-1-3-9(10)5-12(18)14-7-11-15-8-16-17-11/h1-4,8H,5-7,13H2,(H,14,18)(H,15,16,17). The summed E-state index contributed by atoms with van der Waals surface area (Å²) in [7, 11) is 0. The van der Waals surface area contributed by atoms with E-state index in [1.165, 1.54) is 6.33 Å². The third-order valence-electron chi connectivity index (χ3n) is 2.61. The highest BCUT2D eigenvalue weighted by Crippen LogP contribution is 2.08. The van der Waals surface area contributed by atoms with Crippen LogP contribution >= 0.6 is 0 Å². The van der Waals surface area contributed by atoms with Crippen molar-refractivity contribution >= 4 is 5.91 Å². The van der Waals surface area contributed by atoms with Crippen LogP contribution in [0, 0.1) is 0 Å². The van der Waals surface area contributed by atoms with Gasteiger partial charge < -0.3 is 11.1 Å². The molecule has 0 aliphatic heterocycles. The van der Waals surface area contributed by atoms with E-state index in [-0.39, 0.29) is 5.91 Å². The van der Waals surface area contributed by atoms with Gasteiger partial charge in [-0.2, -0.15) is 5.10 Å². The van der Waals surface area contributed by atoms with Gasteiger partial charge in [0.25, 0.3) is 0 Å². The molecule has 1 aromatic heterocycles. The number of nitrogens with one attached hydrogen (secondary N) is 2. The number of benzene rings is 1. The predicted octanol–water partition coefficient (Wildman–Crippen LogP) is 0.122. The summed E-state index contributed by atoms with van der Waals surface area (Å²) in [5.41, 5.74) is 7.57. The minimum absolute atomic E-state index is 0.0627. The highest BCUT2D eigenvalue weighted by molar-refractivity contribution is 5.78. The lowest BCUT2D eigenvalue weighted by molar-refractivity contribution is -0.120.